The van der Waals surface area contributed by atoms with E-state index in [2.05, 4.69) is 5.32 Å². The third-order valence-corrected chi connectivity index (χ3v) is 3.68. The summed E-state index contributed by atoms with van der Waals surface area (Å²) in [7, 11) is 0. The normalized spacial score (nSPS) is 11.8. The zero-order valence-corrected chi connectivity index (χ0v) is 12.7. The molecule has 1 unspecified atom stereocenters. The molecule has 0 aliphatic carbocycles. The van der Waals surface area contributed by atoms with Gasteiger partial charge in [0.2, 0.25) is 0 Å². The summed E-state index contributed by atoms with van der Waals surface area (Å²) in [6, 6.07) is 19.7. The lowest BCUT2D eigenvalue weighted by Gasteiger charge is -2.19. The molecule has 1 N–H and O–H groups in total. The summed E-state index contributed by atoms with van der Waals surface area (Å²) in [6.45, 7) is 0. The van der Waals surface area contributed by atoms with Crippen molar-refractivity contribution >= 4 is 11.5 Å². The second kappa shape index (κ2) is 7.04. The van der Waals surface area contributed by atoms with Gasteiger partial charge in [-0.25, -0.2) is 8.78 Å². The minimum atomic E-state index is -0.696. The number of halogens is 2. The van der Waals surface area contributed by atoms with E-state index in [1.807, 2.05) is 30.3 Å². The van der Waals surface area contributed by atoms with E-state index in [0.717, 1.165) is 5.69 Å². The van der Waals surface area contributed by atoms with E-state index in [1.54, 1.807) is 12.1 Å². The van der Waals surface area contributed by atoms with Crippen LogP contribution in [0.5, 0.6) is 0 Å². The Morgan fingerprint density at radius 3 is 1.88 bits per heavy atom. The van der Waals surface area contributed by atoms with Crippen molar-refractivity contribution in [2.75, 3.05) is 5.32 Å². The number of carbonyl (C=O) groups excluding carboxylic acids is 1. The molecule has 3 aromatic rings. The highest BCUT2D eigenvalue weighted by Crippen LogP contribution is 2.24. The number of Topliss-reactive ketones (excluding diaryl/α,β-unsaturated/α-hetero) is 1. The van der Waals surface area contributed by atoms with Crippen molar-refractivity contribution in [2.45, 2.75) is 6.04 Å². The molecule has 0 aliphatic heterocycles. The number of rotatable bonds is 5. The second-order valence-corrected chi connectivity index (χ2v) is 5.37. The van der Waals surface area contributed by atoms with Crippen LogP contribution < -0.4 is 5.32 Å². The highest BCUT2D eigenvalue weighted by Gasteiger charge is 2.22. The van der Waals surface area contributed by atoms with Gasteiger partial charge in [-0.2, -0.15) is 0 Å². The van der Waals surface area contributed by atoms with Gasteiger partial charge in [0.15, 0.2) is 5.78 Å². The van der Waals surface area contributed by atoms with E-state index < -0.39 is 11.9 Å². The predicted octanol–water partition coefficient (Wildman–Crippen LogP) is 5.00. The van der Waals surface area contributed by atoms with E-state index in [4.69, 9.17) is 0 Å². The highest BCUT2D eigenvalue weighted by atomic mass is 19.1. The van der Waals surface area contributed by atoms with Crippen LogP contribution in [0.3, 0.4) is 0 Å². The summed E-state index contributed by atoms with van der Waals surface area (Å²) in [5.74, 6) is -0.988. The van der Waals surface area contributed by atoms with Crippen LogP contribution in [-0.4, -0.2) is 5.78 Å². The summed E-state index contributed by atoms with van der Waals surface area (Å²) in [5.41, 5.74) is 1.78. The first-order valence-electron chi connectivity index (χ1n) is 7.50. The maximum absolute atomic E-state index is 13.2. The summed E-state index contributed by atoms with van der Waals surface area (Å²) in [5, 5.41) is 3.16. The lowest BCUT2D eigenvalue weighted by atomic mass is 9.97. The predicted molar refractivity (Wildman–Crippen MR) is 89.9 cm³/mol. The zero-order chi connectivity index (χ0) is 16.9. The lowest BCUT2D eigenvalue weighted by molar-refractivity contribution is 0.0969. The number of benzene rings is 3. The van der Waals surface area contributed by atoms with Crippen molar-refractivity contribution < 1.29 is 13.6 Å². The van der Waals surface area contributed by atoms with Crippen molar-refractivity contribution in [3.05, 3.63) is 102 Å². The van der Waals surface area contributed by atoms with Crippen LogP contribution in [0.25, 0.3) is 0 Å². The molecule has 0 fully saturated rings. The second-order valence-electron chi connectivity index (χ2n) is 5.37. The quantitative estimate of drug-likeness (QED) is 0.669. The number of anilines is 1. The van der Waals surface area contributed by atoms with Crippen molar-refractivity contribution in [1.29, 1.82) is 0 Å². The van der Waals surface area contributed by atoms with Crippen LogP contribution in [0.15, 0.2) is 78.9 Å². The first kappa shape index (κ1) is 15.9. The Morgan fingerprint density at radius 1 is 0.750 bits per heavy atom. The van der Waals surface area contributed by atoms with Crippen molar-refractivity contribution in [3.63, 3.8) is 0 Å². The van der Waals surface area contributed by atoms with Gasteiger partial charge in [-0.15, -0.1) is 0 Å². The fourth-order valence-corrected chi connectivity index (χ4v) is 2.44. The smallest absolute Gasteiger partial charge is 0.189 e. The number of carbonyl (C=O) groups is 1. The topological polar surface area (TPSA) is 29.1 Å². The number of ketones is 1. The van der Waals surface area contributed by atoms with Crippen molar-refractivity contribution in [1.82, 2.24) is 0 Å². The van der Waals surface area contributed by atoms with Crippen LogP contribution in [-0.2, 0) is 0 Å². The number of para-hydroxylation sites is 1. The molecule has 3 aromatic carbocycles. The van der Waals surface area contributed by atoms with Gasteiger partial charge in [0.25, 0.3) is 0 Å². The molecule has 0 aliphatic rings. The minimum Gasteiger partial charge on any atom is -0.371 e. The van der Waals surface area contributed by atoms with Crippen LogP contribution >= 0.6 is 0 Å². The fraction of sp³-hybridized carbons (Fsp3) is 0.0500. The first-order chi connectivity index (χ1) is 11.6. The summed E-state index contributed by atoms with van der Waals surface area (Å²) < 4.78 is 26.3. The van der Waals surface area contributed by atoms with E-state index in [0.29, 0.717) is 11.1 Å². The summed E-state index contributed by atoms with van der Waals surface area (Å²) in [4.78, 5) is 12.9. The molecule has 2 nitrogen and oxygen atoms in total. The Labute approximate surface area is 138 Å². The SMILES string of the molecule is O=C(c1ccc(F)cc1)C(Nc1ccccc1)c1ccc(F)cc1. The maximum atomic E-state index is 13.2. The first-order valence-corrected chi connectivity index (χ1v) is 7.50. The Bertz CT molecular complexity index is 815. The third kappa shape index (κ3) is 3.66. The molecule has 0 spiro atoms. The average Bonchev–Trinajstić information content (AvgIpc) is 2.62. The number of nitrogens with one attached hydrogen (secondary N) is 1. The van der Waals surface area contributed by atoms with Crippen LogP contribution in [0.4, 0.5) is 14.5 Å². The number of hydrogen-bond acceptors (Lipinski definition) is 2. The molecule has 4 heteroatoms. The fourth-order valence-electron chi connectivity index (χ4n) is 2.44. The molecular weight excluding hydrogens is 308 g/mol. The average molecular weight is 323 g/mol. The molecule has 0 saturated heterocycles. The van der Waals surface area contributed by atoms with Crippen LogP contribution in [0.2, 0.25) is 0 Å². The number of hydrogen-bond donors (Lipinski definition) is 1. The molecule has 120 valence electrons. The lowest BCUT2D eigenvalue weighted by Crippen LogP contribution is -2.21. The Hall–Kier alpha value is -3.01. The van der Waals surface area contributed by atoms with Gasteiger partial charge >= 0.3 is 0 Å². The van der Waals surface area contributed by atoms with E-state index >= 15 is 0 Å². The van der Waals surface area contributed by atoms with Gasteiger partial charge < -0.3 is 5.32 Å². The van der Waals surface area contributed by atoms with Gasteiger partial charge in [-0.05, 0) is 54.1 Å². The molecular formula is C20H15F2NO. The molecule has 0 bridgehead atoms. The molecule has 0 heterocycles. The van der Waals surface area contributed by atoms with Gasteiger partial charge in [0.05, 0.1) is 0 Å². The minimum absolute atomic E-state index is 0.217. The van der Waals surface area contributed by atoms with Crippen molar-refractivity contribution in [3.8, 4) is 0 Å². The monoisotopic (exact) mass is 323 g/mol. The summed E-state index contributed by atoms with van der Waals surface area (Å²) in [6.07, 6.45) is 0. The largest absolute Gasteiger partial charge is 0.371 e. The van der Waals surface area contributed by atoms with E-state index in [-0.39, 0.29) is 11.6 Å². The van der Waals surface area contributed by atoms with E-state index in [1.165, 1.54) is 36.4 Å². The Morgan fingerprint density at radius 2 is 1.29 bits per heavy atom. The van der Waals surface area contributed by atoms with Gasteiger partial charge in [-0.3, -0.25) is 4.79 Å². The zero-order valence-electron chi connectivity index (χ0n) is 12.7. The molecule has 0 amide bonds. The molecule has 0 radical (unpaired) electrons. The van der Waals surface area contributed by atoms with E-state index in [9.17, 15) is 13.6 Å². The molecule has 0 saturated carbocycles. The highest BCUT2D eigenvalue weighted by molar-refractivity contribution is 6.02. The molecule has 3 rings (SSSR count). The maximum Gasteiger partial charge on any atom is 0.189 e. The molecule has 1 atom stereocenters. The standard InChI is InChI=1S/C20H15F2NO/c21-16-10-6-14(7-11-16)19(23-18-4-2-1-3-5-18)20(24)15-8-12-17(22)13-9-15/h1-13,19,23H. The third-order valence-electron chi connectivity index (χ3n) is 3.68. The van der Waals surface area contributed by atoms with Gasteiger partial charge in [0.1, 0.15) is 17.7 Å². The Kier molecular flexibility index (Phi) is 4.66. The van der Waals surface area contributed by atoms with Gasteiger partial charge in [-0.1, -0.05) is 30.3 Å². The summed E-state index contributed by atoms with van der Waals surface area (Å²) >= 11 is 0. The molecule has 0 aromatic heterocycles. The van der Waals surface area contributed by atoms with Crippen molar-refractivity contribution in [2.24, 2.45) is 0 Å². The Balaban J connectivity index is 1.96. The molecule has 24 heavy (non-hydrogen) atoms. The van der Waals surface area contributed by atoms with Gasteiger partial charge in [0, 0.05) is 11.3 Å². The van der Waals surface area contributed by atoms with Crippen LogP contribution in [0, 0.1) is 11.6 Å². The van der Waals surface area contributed by atoms with Crippen LogP contribution in [0.1, 0.15) is 22.0 Å².